The maximum absolute atomic E-state index is 13.0. The Morgan fingerprint density at radius 2 is 1.96 bits per heavy atom. The van der Waals surface area contributed by atoms with Crippen molar-refractivity contribution in [2.45, 2.75) is 40.2 Å². The minimum atomic E-state index is -1.19. The van der Waals surface area contributed by atoms with Crippen molar-refractivity contribution in [3.8, 4) is 0 Å². The van der Waals surface area contributed by atoms with Crippen molar-refractivity contribution in [1.82, 2.24) is 14.5 Å². The molecular formula is C22H25N3O3. The van der Waals surface area contributed by atoms with Gasteiger partial charge in [-0.05, 0) is 35.0 Å². The number of hydrogen-bond acceptors (Lipinski definition) is 3. The van der Waals surface area contributed by atoms with Crippen molar-refractivity contribution in [2.24, 2.45) is 11.3 Å². The number of carbonyl (C=O) groups excluding carboxylic acids is 1. The number of benzene rings is 1. The third-order valence-corrected chi connectivity index (χ3v) is 5.87. The van der Waals surface area contributed by atoms with Crippen LogP contribution in [0.25, 0.3) is 6.08 Å². The fourth-order valence-corrected chi connectivity index (χ4v) is 4.33. The molecule has 1 aromatic carbocycles. The Kier molecular flexibility index (Phi) is 4.37. The molecule has 0 radical (unpaired) electrons. The second-order valence-electron chi connectivity index (χ2n) is 8.70. The molecule has 1 saturated heterocycles. The van der Waals surface area contributed by atoms with E-state index in [2.05, 4.69) is 42.5 Å². The van der Waals surface area contributed by atoms with Crippen molar-refractivity contribution in [2.75, 3.05) is 6.54 Å². The summed E-state index contributed by atoms with van der Waals surface area (Å²) >= 11 is 0. The number of piperidine rings is 1. The fraction of sp³-hybridized carbons (Fsp3) is 0.409. The van der Waals surface area contributed by atoms with Crippen LogP contribution in [0, 0.1) is 11.3 Å². The molecule has 2 aromatic rings. The molecule has 6 heteroatoms. The molecule has 2 aliphatic rings. The van der Waals surface area contributed by atoms with Crippen molar-refractivity contribution in [1.29, 1.82) is 0 Å². The number of likely N-dealkylation sites (tertiary alicyclic amines) is 1. The first-order valence-electron chi connectivity index (χ1n) is 9.63. The SMILES string of the molecule is CC(C)(C)C1CCN(C(=O)O)C(=O)C1=Cc1ncn2c1Cc1ccccc1C2. The number of fused-ring (bicyclic) bond motifs is 2. The lowest BCUT2D eigenvalue weighted by Gasteiger charge is -2.38. The Labute approximate surface area is 164 Å². The van der Waals surface area contributed by atoms with Gasteiger partial charge in [0, 0.05) is 30.8 Å². The van der Waals surface area contributed by atoms with Crippen LogP contribution in [0.15, 0.2) is 36.2 Å². The molecule has 1 unspecified atom stereocenters. The second kappa shape index (κ2) is 6.62. The molecule has 2 amide bonds. The molecule has 1 N–H and O–H groups in total. The highest BCUT2D eigenvalue weighted by atomic mass is 16.4. The number of amides is 2. The molecule has 3 heterocycles. The van der Waals surface area contributed by atoms with E-state index in [-0.39, 0.29) is 17.9 Å². The lowest BCUT2D eigenvalue weighted by Crippen LogP contribution is -2.46. The summed E-state index contributed by atoms with van der Waals surface area (Å²) in [6.07, 6.45) is 3.83. The zero-order chi connectivity index (χ0) is 20.1. The van der Waals surface area contributed by atoms with Gasteiger partial charge in [0.2, 0.25) is 0 Å². The van der Waals surface area contributed by atoms with Gasteiger partial charge in [-0.2, -0.15) is 0 Å². The van der Waals surface area contributed by atoms with Crippen LogP contribution in [0.2, 0.25) is 0 Å². The van der Waals surface area contributed by atoms with Gasteiger partial charge in [0.15, 0.2) is 0 Å². The van der Waals surface area contributed by atoms with E-state index in [0.717, 1.165) is 29.3 Å². The predicted molar refractivity (Wildman–Crippen MR) is 106 cm³/mol. The van der Waals surface area contributed by atoms with E-state index in [9.17, 15) is 14.7 Å². The number of carbonyl (C=O) groups is 2. The molecule has 146 valence electrons. The summed E-state index contributed by atoms with van der Waals surface area (Å²) in [5.41, 5.74) is 4.79. The van der Waals surface area contributed by atoms with Gasteiger partial charge in [0.1, 0.15) is 0 Å². The van der Waals surface area contributed by atoms with E-state index in [0.29, 0.717) is 12.0 Å². The molecule has 6 nitrogen and oxygen atoms in total. The Hall–Kier alpha value is -2.89. The van der Waals surface area contributed by atoms with E-state index < -0.39 is 12.0 Å². The first-order chi connectivity index (χ1) is 13.3. The normalized spacial score (nSPS) is 20.8. The Balaban J connectivity index is 1.75. The van der Waals surface area contributed by atoms with Crippen LogP contribution >= 0.6 is 0 Å². The summed E-state index contributed by atoms with van der Waals surface area (Å²) in [5, 5.41) is 9.40. The topological polar surface area (TPSA) is 75.4 Å². The number of imidazole rings is 1. The number of carboxylic acid groups (broad SMARTS) is 1. The van der Waals surface area contributed by atoms with E-state index in [1.165, 1.54) is 11.1 Å². The second-order valence-corrected chi connectivity index (χ2v) is 8.70. The van der Waals surface area contributed by atoms with E-state index in [1.807, 2.05) is 24.5 Å². The average Bonchev–Trinajstić information content (AvgIpc) is 3.02. The van der Waals surface area contributed by atoms with Crippen LogP contribution in [0.5, 0.6) is 0 Å². The maximum Gasteiger partial charge on any atom is 0.414 e. The monoisotopic (exact) mass is 379 g/mol. The van der Waals surface area contributed by atoms with Crippen LogP contribution in [-0.4, -0.2) is 38.1 Å². The standard InChI is InChI=1S/C22H25N3O3/c1-22(2,3)17-8-9-25(21(27)28)20(26)16(17)11-18-19-10-14-6-4-5-7-15(14)12-24(19)13-23-18/h4-7,11,13,17H,8-10,12H2,1-3H3,(H,27,28). The number of aromatic nitrogens is 2. The molecule has 1 atom stereocenters. The first-order valence-corrected chi connectivity index (χ1v) is 9.63. The van der Waals surface area contributed by atoms with E-state index in [1.54, 1.807) is 0 Å². The summed E-state index contributed by atoms with van der Waals surface area (Å²) in [7, 11) is 0. The summed E-state index contributed by atoms with van der Waals surface area (Å²) in [6, 6.07) is 8.33. The lowest BCUT2D eigenvalue weighted by atomic mass is 9.72. The predicted octanol–water partition coefficient (Wildman–Crippen LogP) is 3.79. The van der Waals surface area contributed by atoms with Gasteiger partial charge >= 0.3 is 6.09 Å². The van der Waals surface area contributed by atoms with Crippen LogP contribution in [0.4, 0.5) is 4.79 Å². The van der Waals surface area contributed by atoms with Crippen LogP contribution in [0.3, 0.4) is 0 Å². The highest BCUT2D eigenvalue weighted by molar-refractivity contribution is 6.06. The zero-order valence-electron chi connectivity index (χ0n) is 16.5. The summed E-state index contributed by atoms with van der Waals surface area (Å²) in [5.74, 6) is -0.430. The highest BCUT2D eigenvalue weighted by Gasteiger charge is 2.40. The van der Waals surface area contributed by atoms with Gasteiger partial charge in [-0.15, -0.1) is 0 Å². The van der Waals surface area contributed by atoms with Crippen molar-refractivity contribution < 1.29 is 14.7 Å². The first kappa shape index (κ1) is 18.5. The van der Waals surface area contributed by atoms with Crippen LogP contribution in [0.1, 0.15) is 49.7 Å². The van der Waals surface area contributed by atoms with Gasteiger partial charge in [-0.3, -0.25) is 4.79 Å². The fourth-order valence-electron chi connectivity index (χ4n) is 4.33. The maximum atomic E-state index is 13.0. The smallest absolute Gasteiger partial charge is 0.414 e. The van der Waals surface area contributed by atoms with E-state index >= 15 is 0 Å². The summed E-state index contributed by atoms with van der Waals surface area (Å²) < 4.78 is 2.11. The van der Waals surface area contributed by atoms with Crippen LogP contribution in [-0.2, 0) is 17.8 Å². The third-order valence-electron chi connectivity index (χ3n) is 5.87. The lowest BCUT2D eigenvalue weighted by molar-refractivity contribution is -0.128. The van der Waals surface area contributed by atoms with Gasteiger partial charge in [-0.1, -0.05) is 45.0 Å². The average molecular weight is 379 g/mol. The Morgan fingerprint density at radius 3 is 2.64 bits per heavy atom. The number of hydrogen-bond donors (Lipinski definition) is 1. The van der Waals surface area contributed by atoms with Crippen molar-refractivity contribution >= 4 is 18.1 Å². The van der Waals surface area contributed by atoms with Gasteiger partial charge in [0.25, 0.3) is 5.91 Å². The molecule has 1 aromatic heterocycles. The zero-order valence-corrected chi connectivity index (χ0v) is 16.5. The van der Waals surface area contributed by atoms with Crippen LogP contribution < -0.4 is 0 Å². The summed E-state index contributed by atoms with van der Waals surface area (Å²) in [4.78, 5) is 29.9. The molecule has 0 bridgehead atoms. The molecular weight excluding hydrogens is 354 g/mol. The Bertz CT molecular complexity index is 981. The quantitative estimate of drug-likeness (QED) is 0.653. The molecule has 0 aliphatic carbocycles. The molecule has 1 fully saturated rings. The number of imide groups is 1. The molecule has 0 saturated carbocycles. The van der Waals surface area contributed by atoms with Crippen molar-refractivity contribution in [3.05, 3.63) is 58.7 Å². The minimum absolute atomic E-state index is 0.0103. The van der Waals surface area contributed by atoms with Gasteiger partial charge in [-0.25, -0.2) is 14.7 Å². The Morgan fingerprint density at radius 1 is 1.25 bits per heavy atom. The third kappa shape index (κ3) is 3.13. The molecule has 4 rings (SSSR count). The molecule has 28 heavy (non-hydrogen) atoms. The van der Waals surface area contributed by atoms with Gasteiger partial charge in [0.05, 0.1) is 12.0 Å². The molecule has 2 aliphatic heterocycles. The summed E-state index contributed by atoms with van der Waals surface area (Å²) in [6.45, 7) is 7.28. The van der Waals surface area contributed by atoms with Crippen molar-refractivity contribution in [3.63, 3.8) is 0 Å². The largest absolute Gasteiger partial charge is 0.465 e. The highest BCUT2D eigenvalue weighted by Crippen LogP contribution is 2.39. The number of rotatable bonds is 1. The molecule has 0 spiro atoms. The minimum Gasteiger partial charge on any atom is -0.465 e. The van der Waals surface area contributed by atoms with E-state index in [4.69, 9.17) is 0 Å². The van der Waals surface area contributed by atoms with Gasteiger partial charge < -0.3 is 9.67 Å². The number of nitrogens with zero attached hydrogens (tertiary/aromatic N) is 3.